The van der Waals surface area contributed by atoms with E-state index < -0.39 is 59.0 Å². The third-order valence-electron chi connectivity index (χ3n) is 7.25. The van der Waals surface area contributed by atoms with Gasteiger partial charge in [0.25, 0.3) is 5.91 Å². The number of pyridine rings is 1. The number of fused-ring (bicyclic) bond motifs is 1. The van der Waals surface area contributed by atoms with Crippen molar-refractivity contribution in [1.82, 2.24) is 20.1 Å². The molecule has 10 nitrogen and oxygen atoms in total. The lowest BCUT2D eigenvalue weighted by Crippen LogP contribution is -2.51. The normalized spacial score (nSPS) is 15.1. The first-order valence-electron chi connectivity index (χ1n) is 13.8. The first-order valence-corrected chi connectivity index (χ1v) is 14.7. The molecule has 4 aromatic rings. The lowest BCUT2D eigenvalue weighted by atomic mass is 9.94. The highest BCUT2D eigenvalue weighted by Crippen LogP contribution is 2.44. The van der Waals surface area contributed by atoms with Crippen molar-refractivity contribution in [3.05, 3.63) is 57.5 Å². The maximum Gasteiger partial charge on any atom is 0.425 e. The number of amides is 2. The van der Waals surface area contributed by atoms with Gasteiger partial charge in [-0.05, 0) is 44.0 Å². The van der Waals surface area contributed by atoms with Gasteiger partial charge in [0.15, 0.2) is 0 Å². The van der Waals surface area contributed by atoms with Gasteiger partial charge in [0.2, 0.25) is 11.5 Å². The molecule has 2 amide bonds. The van der Waals surface area contributed by atoms with E-state index >= 15 is 0 Å². The largest absolute Gasteiger partial charge is 0.494 e. The van der Waals surface area contributed by atoms with Crippen LogP contribution in [-0.2, 0) is 23.0 Å². The summed E-state index contributed by atoms with van der Waals surface area (Å²) in [5, 5.41) is 19.2. The molecule has 0 radical (unpaired) electrons. The Morgan fingerprint density at radius 2 is 1.87 bits per heavy atom. The van der Waals surface area contributed by atoms with Crippen molar-refractivity contribution in [3.8, 4) is 22.8 Å². The zero-order valence-electron chi connectivity index (χ0n) is 24.3. The molecule has 1 aliphatic carbocycles. The number of methoxy groups -OCH3 is 1. The van der Waals surface area contributed by atoms with E-state index in [-0.39, 0.29) is 52.2 Å². The summed E-state index contributed by atoms with van der Waals surface area (Å²) in [6.45, 7) is -0.0424. The highest BCUT2D eigenvalue weighted by molar-refractivity contribution is 7.10. The molecule has 0 unspecified atom stereocenters. The van der Waals surface area contributed by atoms with E-state index in [1.807, 2.05) is 0 Å². The summed E-state index contributed by atoms with van der Waals surface area (Å²) in [7, 11) is 1.35. The van der Waals surface area contributed by atoms with Gasteiger partial charge in [-0.25, -0.2) is 4.98 Å². The number of nitrogens with two attached hydrogens (primary N) is 1. The van der Waals surface area contributed by atoms with Crippen LogP contribution in [0.15, 0.2) is 35.8 Å². The second-order valence-electron chi connectivity index (χ2n) is 10.6. The van der Waals surface area contributed by atoms with Crippen LogP contribution in [0, 0.1) is 0 Å². The van der Waals surface area contributed by atoms with E-state index in [0.29, 0.717) is 17.0 Å². The standard InChI is InChI=1S/C29H27F6N5O5S/c1-3-45-25-14(10-22(36)41)8-20(38-24(25)17-9-21(46-12-17)28(30,31)32)27(43,29(33,34)35)13-37-26(42)15-6-16-11-40(18-4-5-18)39-23(16)19(7-15)44-2/h6-9,11-12,18,43H,3-5,10,13H2,1-2H3,(H2,36,41)(H,37,42)/t27-/m0/s1. The number of hydrogen-bond donors (Lipinski definition) is 3. The fourth-order valence-corrected chi connectivity index (χ4v) is 5.57. The van der Waals surface area contributed by atoms with Crippen molar-refractivity contribution in [2.24, 2.45) is 5.73 Å². The van der Waals surface area contributed by atoms with Crippen LogP contribution in [-0.4, -0.2) is 58.1 Å². The number of aromatic nitrogens is 3. The minimum Gasteiger partial charge on any atom is -0.494 e. The zero-order valence-corrected chi connectivity index (χ0v) is 25.1. The second kappa shape index (κ2) is 12.1. The maximum absolute atomic E-state index is 14.6. The van der Waals surface area contributed by atoms with Crippen LogP contribution in [0.1, 0.15) is 52.3 Å². The van der Waals surface area contributed by atoms with Crippen molar-refractivity contribution >= 4 is 34.1 Å². The molecule has 17 heteroatoms. The van der Waals surface area contributed by atoms with Crippen LogP contribution in [0.3, 0.4) is 0 Å². The lowest BCUT2D eigenvalue weighted by Gasteiger charge is -2.31. The number of ether oxygens (including phenoxy) is 2. The number of nitrogens with zero attached hydrogens (tertiary/aromatic N) is 3. The van der Waals surface area contributed by atoms with Gasteiger partial charge in [-0.3, -0.25) is 14.3 Å². The molecule has 0 spiro atoms. The number of primary amides is 1. The molecular formula is C29H27F6N5O5S. The number of rotatable bonds is 11. The number of nitrogens with one attached hydrogen (secondary N) is 1. The van der Waals surface area contributed by atoms with Crippen molar-refractivity contribution in [2.75, 3.05) is 20.3 Å². The van der Waals surface area contributed by atoms with Crippen molar-refractivity contribution in [2.45, 2.75) is 50.2 Å². The molecule has 1 atom stereocenters. The molecule has 1 fully saturated rings. The SMILES string of the molecule is CCOc1c(CC(N)=O)cc([C@@](O)(CNC(=O)c2cc(OC)c3nn(C4CC4)cc3c2)C(F)(F)F)nc1-c1csc(C(F)(F)F)c1. The Labute approximate surface area is 261 Å². The number of aliphatic hydroxyl groups is 1. The highest BCUT2D eigenvalue weighted by Gasteiger charge is 2.57. The maximum atomic E-state index is 14.6. The Morgan fingerprint density at radius 3 is 2.43 bits per heavy atom. The predicted molar refractivity (Wildman–Crippen MR) is 153 cm³/mol. The molecule has 5 rings (SSSR count). The van der Waals surface area contributed by atoms with E-state index in [4.69, 9.17) is 15.2 Å². The monoisotopic (exact) mass is 671 g/mol. The van der Waals surface area contributed by atoms with Crippen LogP contribution in [0.5, 0.6) is 11.5 Å². The van der Waals surface area contributed by atoms with Crippen LogP contribution >= 0.6 is 11.3 Å². The van der Waals surface area contributed by atoms with Crippen LogP contribution in [0.25, 0.3) is 22.2 Å². The van der Waals surface area contributed by atoms with E-state index in [1.165, 1.54) is 26.2 Å². The summed E-state index contributed by atoms with van der Waals surface area (Å²) >= 11 is 0.269. The number of alkyl halides is 6. The Kier molecular flexibility index (Phi) is 8.67. The average Bonchev–Trinajstić information content (AvgIpc) is 3.52. The Hall–Kier alpha value is -4.38. The topological polar surface area (TPSA) is 142 Å². The Bertz CT molecular complexity index is 1800. The fourth-order valence-electron chi connectivity index (χ4n) is 4.81. The highest BCUT2D eigenvalue weighted by atomic mass is 32.1. The Morgan fingerprint density at radius 1 is 1.15 bits per heavy atom. The van der Waals surface area contributed by atoms with Gasteiger partial charge in [0, 0.05) is 33.7 Å². The van der Waals surface area contributed by atoms with Gasteiger partial charge in [0.05, 0.1) is 38.4 Å². The molecule has 3 heterocycles. The molecule has 1 saturated carbocycles. The van der Waals surface area contributed by atoms with Gasteiger partial charge >= 0.3 is 12.4 Å². The van der Waals surface area contributed by atoms with Crippen LogP contribution in [0.4, 0.5) is 26.3 Å². The van der Waals surface area contributed by atoms with Crippen molar-refractivity contribution in [3.63, 3.8) is 0 Å². The van der Waals surface area contributed by atoms with Gasteiger partial charge in [-0.1, -0.05) is 0 Å². The smallest absolute Gasteiger partial charge is 0.425 e. The van der Waals surface area contributed by atoms with Crippen LogP contribution in [0.2, 0.25) is 0 Å². The zero-order chi connectivity index (χ0) is 33.6. The quantitative estimate of drug-likeness (QED) is 0.188. The Balaban J connectivity index is 1.55. The van der Waals surface area contributed by atoms with Gasteiger partial charge in [-0.2, -0.15) is 31.4 Å². The lowest BCUT2D eigenvalue weighted by molar-refractivity contribution is -0.265. The van der Waals surface area contributed by atoms with E-state index in [0.717, 1.165) is 24.3 Å². The molecule has 0 saturated heterocycles. The summed E-state index contributed by atoms with van der Waals surface area (Å²) in [4.78, 5) is 27.9. The van der Waals surface area contributed by atoms with Gasteiger partial charge in [0.1, 0.15) is 27.6 Å². The van der Waals surface area contributed by atoms with E-state index in [1.54, 1.807) is 10.9 Å². The number of halogens is 6. The fraction of sp³-hybridized carbons (Fsp3) is 0.379. The van der Waals surface area contributed by atoms with E-state index in [9.17, 15) is 41.0 Å². The number of benzene rings is 1. The van der Waals surface area contributed by atoms with Crippen LogP contribution < -0.4 is 20.5 Å². The number of carbonyl (C=O) groups is 2. The summed E-state index contributed by atoms with van der Waals surface area (Å²) in [6.07, 6.45) is -7.38. The third-order valence-corrected chi connectivity index (χ3v) is 8.22. The van der Waals surface area contributed by atoms with Gasteiger partial charge < -0.3 is 25.6 Å². The molecule has 1 aromatic carbocycles. The molecule has 0 bridgehead atoms. The van der Waals surface area contributed by atoms with Gasteiger partial charge in [-0.15, -0.1) is 11.3 Å². The second-order valence-corrected chi connectivity index (χ2v) is 11.5. The minimum atomic E-state index is -5.47. The molecule has 4 N–H and O–H groups in total. The molecule has 46 heavy (non-hydrogen) atoms. The molecular weight excluding hydrogens is 644 g/mol. The van der Waals surface area contributed by atoms with E-state index in [2.05, 4.69) is 15.4 Å². The number of thiophene rings is 1. The summed E-state index contributed by atoms with van der Waals surface area (Å²) in [5.41, 5.74) is -0.313. The van der Waals surface area contributed by atoms with Crippen molar-refractivity contribution < 1.29 is 50.5 Å². The number of hydrogen-bond acceptors (Lipinski definition) is 8. The molecule has 246 valence electrons. The number of carbonyl (C=O) groups excluding carboxylic acids is 2. The summed E-state index contributed by atoms with van der Waals surface area (Å²) in [6, 6.07) is 4.31. The molecule has 0 aliphatic heterocycles. The molecule has 3 aromatic heterocycles. The first-order chi connectivity index (χ1) is 21.6. The predicted octanol–water partition coefficient (Wildman–Crippen LogP) is 5.13. The molecule has 1 aliphatic rings. The van der Waals surface area contributed by atoms with Crippen molar-refractivity contribution in [1.29, 1.82) is 0 Å². The minimum absolute atomic E-state index is 0.0862. The first kappa shape index (κ1) is 33.0. The average molecular weight is 672 g/mol. The summed E-state index contributed by atoms with van der Waals surface area (Å²) < 4.78 is 96.7. The summed E-state index contributed by atoms with van der Waals surface area (Å²) in [5.74, 6) is -2.07. The third kappa shape index (κ3) is 6.46.